The van der Waals surface area contributed by atoms with Gasteiger partial charge in [0.2, 0.25) is 5.95 Å². The van der Waals surface area contributed by atoms with Gasteiger partial charge in [-0.2, -0.15) is 0 Å². The molecule has 1 unspecified atom stereocenters. The third-order valence-electron chi connectivity index (χ3n) is 4.49. The van der Waals surface area contributed by atoms with Crippen LogP contribution in [0.15, 0.2) is 36.5 Å². The molecule has 0 radical (unpaired) electrons. The minimum absolute atomic E-state index is 0.304. The van der Waals surface area contributed by atoms with Crippen LogP contribution in [-0.4, -0.2) is 15.6 Å². The van der Waals surface area contributed by atoms with Gasteiger partial charge >= 0.3 is 0 Å². The van der Waals surface area contributed by atoms with Crippen molar-refractivity contribution >= 4 is 5.95 Å². The smallest absolute Gasteiger partial charge is 0.203 e. The molecule has 21 heavy (non-hydrogen) atoms. The SMILES string of the molecule is Cc1cn(C(C)c2ccccc2)c(NC2CCCCC2)n1. The number of rotatable bonds is 4. The number of nitrogens with one attached hydrogen (secondary N) is 1. The second kappa shape index (κ2) is 6.33. The van der Waals surface area contributed by atoms with Crippen molar-refractivity contribution in [2.24, 2.45) is 0 Å². The Labute approximate surface area is 127 Å². The van der Waals surface area contributed by atoms with Crippen molar-refractivity contribution in [2.45, 2.75) is 58.0 Å². The van der Waals surface area contributed by atoms with Crippen molar-refractivity contribution in [1.29, 1.82) is 0 Å². The summed E-state index contributed by atoms with van der Waals surface area (Å²) in [4.78, 5) is 4.70. The molecule has 0 spiro atoms. The maximum atomic E-state index is 4.70. The number of nitrogens with zero attached hydrogens (tertiary/aromatic N) is 2. The van der Waals surface area contributed by atoms with E-state index in [-0.39, 0.29) is 0 Å². The Morgan fingerprint density at radius 2 is 1.86 bits per heavy atom. The Balaban J connectivity index is 1.81. The second-order valence-electron chi connectivity index (χ2n) is 6.18. The highest BCUT2D eigenvalue weighted by atomic mass is 15.2. The van der Waals surface area contributed by atoms with E-state index in [9.17, 15) is 0 Å². The minimum atomic E-state index is 0.304. The predicted octanol–water partition coefficient (Wildman–Crippen LogP) is 4.55. The molecule has 112 valence electrons. The summed E-state index contributed by atoms with van der Waals surface area (Å²) in [6, 6.07) is 11.5. The zero-order chi connectivity index (χ0) is 14.7. The molecule has 1 aliphatic carbocycles. The fourth-order valence-corrected chi connectivity index (χ4v) is 3.24. The van der Waals surface area contributed by atoms with Crippen LogP contribution in [0.1, 0.15) is 56.3 Å². The van der Waals surface area contributed by atoms with Crippen LogP contribution in [0.2, 0.25) is 0 Å². The number of hydrogen-bond donors (Lipinski definition) is 1. The first-order chi connectivity index (χ1) is 10.2. The first-order valence-corrected chi connectivity index (χ1v) is 8.11. The summed E-state index contributed by atoms with van der Waals surface area (Å²) in [6.07, 6.45) is 8.75. The summed E-state index contributed by atoms with van der Waals surface area (Å²) in [5.41, 5.74) is 2.40. The Morgan fingerprint density at radius 1 is 1.14 bits per heavy atom. The first kappa shape index (κ1) is 14.2. The lowest BCUT2D eigenvalue weighted by atomic mass is 9.96. The molecule has 1 aliphatic rings. The van der Waals surface area contributed by atoms with Gasteiger partial charge in [-0.1, -0.05) is 49.6 Å². The number of benzene rings is 1. The van der Waals surface area contributed by atoms with E-state index in [1.807, 2.05) is 0 Å². The van der Waals surface area contributed by atoms with Crippen molar-refractivity contribution in [3.8, 4) is 0 Å². The van der Waals surface area contributed by atoms with Crippen molar-refractivity contribution in [2.75, 3.05) is 5.32 Å². The van der Waals surface area contributed by atoms with Crippen LogP contribution >= 0.6 is 0 Å². The van der Waals surface area contributed by atoms with Crippen molar-refractivity contribution in [1.82, 2.24) is 9.55 Å². The quantitative estimate of drug-likeness (QED) is 0.892. The molecule has 1 aromatic carbocycles. The van der Waals surface area contributed by atoms with Crippen LogP contribution in [0.5, 0.6) is 0 Å². The predicted molar refractivity (Wildman–Crippen MR) is 87.7 cm³/mol. The molecule has 1 atom stereocenters. The molecule has 0 aliphatic heterocycles. The molecule has 3 rings (SSSR count). The molecule has 1 fully saturated rings. The molecular formula is C18H25N3. The molecule has 0 saturated heterocycles. The molecule has 1 heterocycles. The molecule has 3 heteroatoms. The zero-order valence-corrected chi connectivity index (χ0v) is 13.0. The summed E-state index contributed by atoms with van der Waals surface area (Å²) in [6.45, 7) is 4.31. The average Bonchev–Trinajstić information content (AvgIpc) is 2.89. The van der Waals surface area contributed by atoms with Gasteiger partial charge in [0, 0.05) is 12.2 Å². The van der Waals surface area contributed by atoms with Crippen LogP contribution in [0.3, 0.4) is 0 Å². The molecular weight excluding hydrogens is 258 g/mol. The molecule has 1 N–H and O–H groups in total. The number of anilines is 1. The molecule has 2 aromatic rings. The summed E-state index contributed by atoms with van der Waals surface area (Å²) >= 11 is 0. The Hall–Kier alpha value is -1.77. The standard InChI is InChI=1S/C18H25N3/c1-14-13-21(15(2)16-9-5-3-6-10-16)18(19-14)20-17-11-7-4-8-12-17/h3,5-6,9-10,13,15,17H,4,7-8,11-12H2,1-2H3,(H,19,20). The van der Waals surface area contributed by atoms with Crippen molar-refractivity contribution < 1.29 is 0 Å². The van der Waals surface area contributed by atoms with E-state index < -0.39 is 0 Å². The van der Waals surface area contributed by atoms with Gasteiger partial charge in [0.05, 0.1) is 11.7 Å². The minimum Gasteiger partial charge on any atom is -0.353 e. The second-order valence-corrected chi connectivity index (χ2v) is 6.18. The number of aryl methyl sites for hydroxylation is 1. The van der Waals surface area contributed by atoms with Gasteiger partial charge in [-0.3, -0.25) is 0 Å². The van der Waals surface area contributed by atoms with E-state index in [2.05, 4.69) is 60.3 Å². The molecule has 0 amide bonds. The van der Waals surface area contributed by atoms with Crippen molar-refractivity contribution in [3.05, 3.63) is 47.8 Å². The molecule has 1 saturated carbocycles. The highest BCUT2D eigenvalue weighted by Gasteiger charge is 2.18. The maximum absolute atomic E-state index is 4.70. The van der Waals surface area contributed by atoms with Gasteiger partial charge in [0.1, 0.15) is 0 Å². The molecule has 1 aromatic heterocycles. The maximum Gasteiger partial charge on any atom is 0.203 e. The van der Waals surface area contributed by atoms with Crippen LogP contribution in [0.25, 0.3) is 0 Å². The van der Waals surface area contributed by atoms with Crippen LogP contribution < -0.4 is 5.32 Å². The lowest BCUT2D eigenvalue weighted by molar-refractivity contribution is 0.458. The highest BCUT2D eigenvalue weighted by molar-refractivity contribution is 5.34. The van der Waals surface area contributed by atoms with Gasteiger partial charge in [-0.05, 0) is 32.3 Å². The largest absolute Gasteiger partial charge is 0.353 e. The van der Waals surface area contributed by atoms with E-state index in [0.29, 0.717) is 12.1 Å². The van der Waals surface area contributed by atoms with Crippen LogP contribution in [0, 0.1) is 6.92 Å². The highest BCUT2D eigenvalue weighted by Crippen LogP contribution is 2.26. The topological polar surface area (TPSA) is 29.9 Å². The van der Waals surface area contributed by atoms with Gasteiger partial charge in [0.25, 0.3) is 0 Å². The fourth-order valence-electron chi connectivity index (χ4n) is 3.24. The Bertz CT molecular complexity index is 567. The van der Waals surface area contributed by atoms with E-state index in [4.69, 9.17) is 4.98 Å². The monoisotopic (exact) mass is 283 g/mol. The van der Waals surface area contributed by atoms with Gasteiger partial charge < -0.3 is 9.88 Å². The Kier molecular flexibility index (Phi) is 4.28. The summed E-state index contributed by atoms with van der Waals surface area (Å²) in [7, 11) is 0. The van der Waals surface area contributed by atoms with E-state index in [0.717, 1.165) is 11.6 Å². The van der Waals surface area contributed by atoms with Gasteiger partial charge in [-0.25, -0.2) is 4.98 Å². The summed E-state index contributed by atoms with van der Waals surface area (Å²) < 4.78 is 2.28. The van der Waals surface area contributed by atoms with Gasteiger partial charge in [0.15, 0.2) is 0 Å². The van der Waals surface area contributed by atoms with E-state index in [1.54, 1.807) is 0 Å². The molecule has 0 bridgehead atoms. The zero-order valence-electron chi connectivity index (χ0n) is 13.0. The summed E-state index contributed by atoms with van der Waals surface area (Å²) in [5, 5.41) is 3.67. The first-order valence-electron chi connectivity index (χ1n) is 8.11. The number of hydrogen-bond acceptors (Lipinski definition) is 2. The Morgan fingerprint density at radius 3 is 2.57 bits per heavy atom. The lowest BCUT2D eigenvalue weighted by Gasteiger charge is -2.25. The van der Waals surface area contributed by atoms with Crippen LogP contribution in [-0.2, 0) is 0 Å². The number of aromatic nitrogens is 2. The fraction of sp³-hybridized carbons (Fsp3) is 0.500. The van der Waals surface area contributed by atoms with E-state index >= 15 is 0 Å². The lowest BCUT2D eigenvalue weighted by Crippen LogP contribution is -2.25. The number of imidazole rings is 1. The average molecular weight is 283 g/mol. The summed E-state index contributed by atoms with van der Waals surface area (Å²) in [5.74, 6) is 1.02. The third-order valence-corrected chi connectivity index (χ3v) is 4.49. The molecule has 3 nitrogen and oxygen atoms in total. The normalized spacial score (nSPS) is 17.6. The third kappa shape index (κ3) is 3.29. The van der Waals surface area contributed by atoms with Gasteiger partial charge in [-0.15, -0.1) is 0 Å². The van der Waals surface area contributed by atoms with Crippen LogP contribution in [0.4, 0.5) is 5.95 Å². The van der Waals surface area contributed by atoms with Crippen molar-refractivity contribution in [3.63, 3.8) is 0 Å². The van der Waals surface area contributed by atoms with E-state index in [1.165, 1.54) is 37.7 Å².